The number of ether oxygens (including phenoxy) is 2. The predicted octanol–water partition coefficient (Wildman–Crippen LogP) is 4.64. The van der Waals surface area contributed by atoms with Gasteiger partial charge in [-0.1, -0.05) is 37.3 Å². The van der Waals surface area contributed by atoms with Crippen molar-refractivity contribution in [2.75, 3.05) is 12.0 Å². The summed E-state index contributed by atoms with van der Waals surface area (Å²) in [6.07, 6.45) is 1.98. The molecule has 178 valence electrons. The number of carbonyl (C=O) groups is 3. The number of hydrogen-bond acceptors (Lipinski definition) is 5. The molecule has 1 aliphatic rings. The van der Waals surface area contributed by atoms with Crippen LogP contribution in [0.3, 0.4) is 0 Å². The SMILES string of the molecule is CCc1ccccc1N1C(=O)NC(=O)/C(=C/c2ccc(OC)cc2OCc2ccc(F)cc2)C1=O. The van der Waals surface area contributed by atoms with Gasteiger partial charge in [0.25, 0.3) is 11.8 Å². The fourth-order valence-electron chi connectivity index (χ4n) is 3.69. The van der Waals surface area contributed by atoms with Gasteiger partial charge in [0.2, 0.25) is 0 Å². The van der Waals surface area contributed by atoms with Gasteiger partial charge in [0.05, 0.1) is 12.8 Å². The maximum Gasteiger partial charge on any atom is 0.335 e. The van der Waals surface area contributed by atoms with Crippen molar-refractivity contribution in [2.45, 2.75) is 20.0 Å². The molecule has 0 spiro atoms. The van der Waals surface area contributed by atoms with E-state index in [4.69, 9.17) is 9.47 Å². The van der Waals surface area contributed by atoms with Crippen LogP contribution in [-0.2, 0) is 22.6 Å². The Kier molecular flexibility index (Phi) is 6.91. The van der Waals surface area contributed by atoms with Crippen LogP contribution in [0.1, 0.15) is 23.6 Å². The summed E-state index contributed by atoms with van der Waals surface area (Å²) < 4.78 is 24.4. The monoisotopic (exact) mass is 474 g/mol. The van der Waals surface area contributed by atoms with Crippen LogP contribution in [0, 0.1) is 5.82 Å². The molecule has 3 aromatic rings. The molecular weight excluding hydrogens is 451 g/mol. The third kappa shape index (κ3) is 5.06. The van der Waals surface area contributed by atoms with Crippen molar-refractivity contribution in [3.05, 3.63) is 94.8 Å². The van der Waals surface area contributed by atoms with Gasteiger partial charge in [0.1, 0.15) is 29.5 Å². The van der Waals surface area contributed by atoms with Crippen molar-refractivity contribution >= 4 is 29.6 Å². The van der Waals surface area contributed by atoms with E-state index < -0.39 is 17.8 Å². The minimum atomic E-state index is -0.805. The minimum absolute atomic E-state index is 0.123. The zero-order valence-electron chi connectivity index (χ0n) is 19.2. The summed E-state index contributed by atoms with van der Waals surface area (Å²) in [7, 11) is 1.50. The normalized spacial score (nSPS) is 14.8. The smallest absolute Gasteiger partial charge is 0.335 e. The lowest BCUT2D eigenvalue weighted by atomic mass is 10.0. The molecule has 8 heteroatoms. The summed E-state index contributed by atoms with van der Waals surface area (Å²) in [4.78, 5) is 39.5. The number of nitrogens with one attached hydrogen (secondary N) is 1. The molecule has 3 aromatic carbocycles. The molecule has 1 N–H and O–H groups in total. The second kappa shape index (κ2) is 10.2. The lowest BCUT2D eigenvalue weighted by Gasteiger charge is -2.28. The molecular formula is C27H23FN2O5. The van der Waals surface area contributed by atoms with Gasteiger partial charge in [0.15, 0.2) is 0 Å². The molecule has 0 radical (unpaired) electrons. The summed E-state index contributed by atoms with van der Waals surface area (Å²) >= 11 is 0. The minimum Gasteiger partial charge on any atom is -0.497 e. The van der Waals surface area contributed by atoms with Crippen molar-refractivity contribution in [3.63, 3.8) is 0 Å². The largest absolute Gasteiger partial charge is 0.497 e. The van der Waals surface area contributed by atoms with Crippen LogP contribution < -0.4 is 19.7 Å². The third-order valence-electron chi connectivity index (χ3n) is 5.54. The molecule has 1 fully saturated rings. The lowest BCUT2D eigenvalue weighted by Crippen LogP contribution is -2.54. The van der Waals surface area contributed by atoms with Crippen molar-refractivity contribution in [2.24, 2.45) is 0 Å². The average Bonchev–Trinajstić information content (AvgIpc) is 2.86. The molecule has 0 saturated carbocycles. The number of halogens is 1. The van der Waals surface area contributed by atoms with Crippen molar-refractivity contribution in [1.29, 1.82) is 0 Å². The number of methoxy groups -OCH3 is 1. The Balaban J connectivity index is 1.70. The summed E-state index contributed by atoms with van der Waals surface area (Å²) in [5.74, 6) is -1.04. The van der Waals surface area contributed by atoms with Crippen LogP contribution in [0.2, 0.25) is 0 Å². The van der Waals surface area contributed by atoms with Crippen LogP contribution in [0.4, 0.5) is 14.9 Å². The van der Waals surface area contributed by atoms with E-state index in [1.165, 1.54) is 25.3 Å². The van der Waals surface area contributed by atoms with E-state index in [9.17, 15) is 18.8 Å². The number of aryl methyl sites for hydroxylation is 1. The number of anilines is 1. The molecule has 1 aliphatic heterocycles. The van der Waals surface area contributed by atoms with E-state index >= 15 is 0 Å². The second-order valence-electron chi connectivity index (χ2n) is 7.76. The summed E-state index contributed by atoms with van der Waals surface area (Å²) in [5, 5.41) is 2.24. The quantitative estimate of drug-likeness (QED) is 0.398. The van der Waals surface area contributed by atoms with Gasteiger partial charge < -0.3 is 9.47 Å². The van der Waals surface area contributed by atoms with Crippen molar-refractivity contribution in [1.82, 2.24) is 5.32 Å². The molecule has 0 bridgehead atoms. The molecule has 0 aliphatic carbocycles. The van der Waals surface area contributed by atoms with Crippen LogP contribution in [0.5, 0.6) is 11.5 Å². The van der Waals surface area contributed by atoms with E-state index in [1.54, 1.807) is 42.5 Å². The number of hydrogen-bond donors (Lipinski definition) is 1. The summed E-state index contributed by atoms with van der Waals surface area (Å²) in [6, 6.07) is 17.0. The lowest BCUT2D eigenvalue weighted by molar-refractivity contribution is -0.122. The van der Waals surface area contributed by atoms with Gasteiger partial charge in [0, 0.05) is 11.6 Å². The highest BCUT2D eigenvalue weighted by molar-refractivity contribution is 6.39. The number of para-hydroxylation sites is 1. The predicted molar refractivity (Wildman–Crippen MR) is 129 cm³/mol. The molecule has 7 nitrogen and oxygen atoms in total. The Hall–Kier alpha value is -4.46. The molecule has 4 rings (SSSR count). The third-order valence-corrected chi connectivity index (χ3v) is 5.54. The number of benzene rings is 3. The molecule has 0 atom stereocenters. The fourth-order valence-corrected chi connectivity index (χ4v) is 3.69. The standard InChI is InChI=1S/C27H23FN2O5/c1-3-18-6-4-5-7-23(18)30-26(32)22(25(31)29-27(30)33)14-19-10-13-21(34-2)15-24(19)35-16-17-8-11-20(28)12-9-17/h4-15H,3,16H2,1-2H3,(H,29,31,33)/b22-14-. The fraction of sp³-hybridized carbons (Fsp3) is 0.148. The van der Waals surface area contributed by atoms with E-state index in [-0.39, 0.29) is 18.0 Å². The van der Waals surface area contributed by atoms with Gasteiger partial charge in [-0.3, -0.25) is 14.9 Å². The van der Waals surface area contributed by atoms with Gasteiger partial charge >= 0.3 is 6.03 Å². The average molecular weight is 474 g/mol. The van der Waals surface area contributed by atoms with E-state index in [2.05, 4.69) is 5.32 Å². The summed E-state index contributed by atoms with van der Waals surface area (Å²) in [5.41, 5.74) is 2.15. The van der Waals surface area contributed by atoms with Gasteiger partial charge in [-0.05, 0) is 54.0 Å². The van der Waals surface area contributed by atoms with Crippen LogP contribution >= 0.6 is 0 Å². The molecule has 0 unspecified atom stereocenters. The highest BCUT2D eigenvalue weighted by Gasteiger charge is 2.37. The van der Waals surface area contributed by atoms with Crippen LogP contribution in [0.25, 0.3) is 6.08 Å². The number of rotatable bonds is 7. The number of amides is 4. The maximum atomic E-state index is 13.3. The molecule has 0 aromatic heterocycles. The van der Waals surface area contributed by atoms with Crippen molar-refractivity contribution < 1.29 is 28.2 Å². The summed E-state index contributed by atoms with van der Waals surface area (Å²) in [6.45, 7) is 2.04. The Morgan fingerprint density at radius 2 is 1.74 bits per heavy atom. The van der Waals surface area contributed by atoms with E-state index in [0.717, 1.165) is 16.0 Å². The zero-order chi connectivity index (χ0) is 24.9. The highest BCUT2D eigenvalue weighted by atomic mass is 19.1. The van der Waals surface area contributed by atoms with Crippen LogP contribution in [0.15, 0.2) is 72.3 Å². The first kappa shape index (κ1) is 23.7. The number of imide groups is 2. The second-order valence-corrected chi connectivity index (χ2v) is 7.76. The van der Waals surface area contributed by atoms with Crippen LogP contribution in [-0.4, -0.2) is 25.0 Å². The van der Waals surface area contributed by atoms with Crippen molar-refractivity contribution in [3.8, 4) is 11.5 Å². The van der Waals surface area contributed by atoms with Gasteiger partial charge in [-0.2, -0.15) is 0 Å². The topological polar surface area (TPSA) is 84.9 Å². The first-order chi connectivity index (χ1) is 16.9. The van der Waals surface area contributed by atoms with E-state index in [1.807, 2.05) is 19.1 Å². The van der Waals surface area contributed by atoms with Gasteiger partial charge in [-0.15, -0.1) is 0 Å². The Morgan fingerprint density at radius 3 is 2.46 bits per heavy atom. The first-order valence-corrected chi connectivity index (χ1v) is 11.0. The molecule has 35 heavy (non-hydrogen) atoms. The van der Waals surface area contributed by atoms with E-state index in [0.29, 0.717) is 29.2 Å². The Labute approximate surface area is 201 Å². The first-order valence-electron chi connectivity index (χ1n) is 11.0. The maximum absolute atomic E-state index is 13.3. The van der Waals surface area contributed by atoms with Gasteiger partial charge in [-0.25, -0.2) is 14.1 Å². The zero-order valence-corrected chi connectivity index (χ0v) is 19.2. The highest BCUT2D eigenvalue weighted by Crippen LogP contribution is 2.30. The molecule has 1 saturated heterocycles. The number of carbonyl (C=O) groups excluding carboxylic acids is 3. The number of nitrogens with zero attached hydrogens (tertiary/aromatic N) is 1. The Morgan fingerprint density at radius 1 is 1.00 bits per heavy atom. The number of barbiturate groups is 1. The number of urea groups is 1. The molecule has 4 amide bonds. The molecule has 1 heterocycles. The Bertz CT molecular complexity index is 1320.